The molecule has 0 saturated carbocycles. The van der Waals surface area contributed by atoms with E-state index >= 15 is 0 Å². The third kappa shape index (κ3) is 2.03. The summed E-state index contributed by atoms with van der Waals surface area (Å²) in [5.74, 6) is 0. The Bertz CT molecular complexity index is 191. The Hall–Kier alpha value is -0.500. The van der Waals surface area contributed by atoms with Gasteiger partial charge in [-0.1, -0.05) is 13.0 Å². The van der Waals surface area contributed by atoms with Crippen molar-refractivity contribution in [3.05, 3.63) is 22.6 Å². The molecular formula is C8H13NS. The summed E-state index contributed by atoms with van der Waals surface area (Å²) < 4.78 is 0. The van der Waals surface area contributed by atoms with E-state index in [2.05, 4.69) is 28.8 Å². The quantitative estimate of drug-likeness (QED) is 0.589. The van der Waals surface area contributed by atoms with Crippen molar-refractivity contribution < 1.29 is 0 Å². The van der Waals surface area contributed by atoms with Gasteiger partial charge in [-0.05, 0) is 24.2 Å². The van der Waals surface area contributed by atoms with E-state index in [-0.39, 0.29) is 10.9 Å². The number of hydrogen-bond donors (Lipinski definition) is 1. The van der Waals surface area contributed by atoms with Gasteiger partial charge in [0.1, 0.15) is 0 Å². The SMILES string of the molecule is CCC=C[SH]1C=NC(C)=C1. The van der Waals surface area contributed by atoms with Gasteiger partial charge >= 0.3 is 0 Å². The number of allylic oxidation sites excluding steroid dienone is 2. The topological polar surface area (TPSA) is 12.4 Å². The monoisotopic (exact) mass is 155 g/mol. The van der Waals surface area contributed by atoms with Crippen LogP contribution < -0.4 is 0 Å². The zero-order valence-corrected chi connectivity index (χ0v) is 7.31. The fourth-order valence-corrected chi connectivity index (χ4v) is 2.25. The van der Waals surface area contributed by atoms with Crippen LogP contribution in [0.3, 0.4) is 0 Å². The summed E-state index contributed by atoms with van der Waals surface area (Å²) in [6.45, 7) is 4.19. The lowest BCUT2D eigenvalue weighted by atomic mass is 10.5. The standard InChI is InChI=1S/C8H13NS/c1-3-4-5-10-6-8(2)9-7-10/h4-7,10H,3H2,1-2H3. The molecule has 1 rings (SSSR count). The summed E-state index contributed by atoms with van der Waals surface area (Å²) in [6, 6.07) is 0. The number of thiol groups is 1. The second kappa shape index (κ2) is 3.62. The van der Waals surface area contributed by atoms with Gasteiger partial charge < -0.3 is 0 Å². The van der Waals surface area contributed by atoms with Crippen molar-refractivity contribution in [2.24, 2.45) is 4.99 Å². The number of hydrogen-bond acceptors (Lipinski definition) is 1. The molecule has 1 aliphatic heterocycles. The molecule has 0 bridgehead atoms. The zero-order valence-electron chi connectivity index (χ0n) is 6.41. The largest absolute Gasteiger partial charge is 0.255 e. The smallest absolute Gasteiger partial charge is 0.0474 e. The van der Waals surface area contributed by atoms with Gasteiger partial charge in [-0.3, -0.25) is 4.99 Å². The fourth-order valence-electron chi connectivity index (χ4n) is 0.749. The average Bonchev–Trinajstić information content (AvgIpc) is 2.31. The van der Waals surface area contributed by atoms with Gasteiger partial charge in [-0.25, -0.2) is 0 Å². The molecule has 0 saturated heterocycles. The fraction of sp³-hybridized carbons (Fsp3) is 0.375. The van der Waals surface area contributed by atoms with E-state index in [1.807, 2.05) is 12.5 Å². The molecule has 0 amide bonds. The maximum absolute atomic E-state index is 4.18. The molecule has 0 aromatic carbocycles. The Labute approximate surface area is 64.9 Å². The minimum absolute atomic E-state index is 0.125. The molecule has 1 atom stereocenters. The molecule has 2 heteroatoms. The molecular weight excluding hydrogens is 142 g/mol. The van der Waals surface area contributed by atoms with Gasteiger partial charge in [0.25, 0.3) is 0 Å². The summed E-state index contributed by atoms with van der Waals surface area (Å²) in [5.41, 5.74) is 3.20. The van der Waals surface area contributed by atoms with Crippen LogP contribution in [0.1, 0.15) is 20.3 Å². The summed E-state index contributed by atoms with van der Waals surface area (Å²) in [6.07, 6.45) is 3.33. The summed E-state index contributed by atoms with van der Waals surface area (Å²) in [5, 5.41) is 4.47. The summed E-state index contributed by atoms with van der Waals surface area (Å²) in [7, 11) is -0.125. The molecule has 1 aliphatic rings. The van der Waals surface area contributed by atoms with Crippen molar-refractivity contribution in [3.63, 3.8) is 0 Å². The Balaban J connectivity index is 2.47. The molecule has 0 spiro atoms. The van der Waals surface area contributed by atoms with Crippen LogP contribution in [0.5, 0.6) is 0 Å². The van der Waals surface area contributed by atoms with E-state index in [9.17, 15) is 0 Å². The molecule has 0 aromatic rings. The van der Waals surface area contributed by atoms with Crippen molar-refractivity contribution in [1.29, 1.82) is 0 Å². The van der Waals surface area contributed by atoms with E-state index in [0.717, 1.165) is 12.1 Å². The summed E-state index contributed by atoms with van der Waals surface area (Å²) >= 11 is 0. The first kappa shape index (κ1) is 7.61. The molecule has 1 nitrogen and oxygen atoms in total. The molecule has 1 heterocycles. The van der Waals surface area contributed by atoms with E-state index in [0.29, 0.717) is 0 Å². The first-order valence-electron chi connectivity index (χ1n) is 3.49. The molecule has 56 valence electrons. The highest BCUT2D eigenvalue weighted by Crippen LogP contribution is 2.32. The number of rotatable bonds is 2. The van der Waals surface area contributed by atoms with Crippen molar-refractivity contribution in [1.82, 2.24) is 0 Å². The lowest BCUT2D eigenvalue weighted by molar-refractivity contribution is 1.23. The van der Waals surface area contributed by atoms with Crippen LogP contribution in [0.2, 0.25) is 0 Å². The van der Waals surface area contributed by atoms with Gasteiger partial charge in [-0.2, -0.15) is 10.9 Å². The van der Waals surface area contributed by atoms with Gasteiger partial charge in [0, 0.05) is 11.2 Å². The predicted octanol–water partition coefficient (Wildman–Crippen LogP) is 2.81. The highest BCUT2D eigenvalue weighted by atomic mass is 32.2. The third-order valence-electron chi connectivity index (χ3n) is 1.24. The molecule has 0 radical (unpaired) electrons. The first-order valence-corrected chi connectivity index (χ1v) is 5.04. The van der Waals surface area contributed by atoms with Crippen LogP contribution in [-0.4, -0.2) is 5.55 Å². The van der Waals surface area contributed by atoms with Crippen LogP contribution >= 0.6 is 10.9 Å². The molecule has 0 N–H and O–H groups in total. The number of nitrogens with zero attached hydrogens (tertiary/aromatic N) is 1. The Morgan fingerprint density at radius 3 is 3.00 bits per heavy atom. The Kier molecular flexibility index (Phi) is 2.75. The second-order valence-corrected chi connectivity index (χ2v) is 3.94. The maximum Gasteiger partial charge on any atom is 0.0474 e. The Morgan fingerprint density at radius 1 is 1.70 bits per heavy atom. The lowest BCUT2D eigenvalue weighted by Gasteiger charge is -1.96. The van der Waals surface area contributed by atoms with Gasteiger partial charge in [-0.15, -0.1) is 0 Å². The number of aliphatic imine (C=N–C) groups is 1. The highest BCUT2D eigenvalue weighted by Gasteiger charge is 1.97. The second-order valence-electron chi connectivity index (χ2n) is 2.26. The molecule has 10 heavy (non-hydrogen) atoms. The van der Waals surface area contributed by atoms with Crippen molar-refractivity contribution in [3.8, 4) is 0 Å². The molecule has 0 aromatic heterocycles. The van der Waals surface area contributed by atoms with E-state index < -0.39 is 0 Å². The van der Waals surface area contributed by atoms with Gasteiger partial charge in [0.15, 0.2) is 0 Å². The van der Waals surface area contributed by atoms with E-state index in [1.165, 1.54) is 0 Å². The van der Waals surface area contributed by atoms with Crippen LogP contribution in [-0.2, 0) is 0 Å². The van der Waals surface area contributed by atoms with Crippen molar-refractivity contribution in [2.45, 2.75) is 20.3 Å². The third-order valence-corrected chi connectivity index (χ3v) is 2.85. The van der Waals surface area contributed by atoms with Gasteiger partial charge in [0.2, 0.25) is 0 Å². The summed E-state index contributed by atoms with van der Waals surface area (Å²) in [4.78, 5) is 4.18. The average molecular weight is 155 g/mol. The maximum atomic E-state index is 4.18. The van der Waals surface area contributed by atoms with Gasteiger partial charge in [0.05, 0.1) is 0 Å². The molecule has 1 unspecified atom stereocenters. The van der Waals surface area contributed by atoms with Crippen molar-refractivity contribution >= 4 is 16.4 Å². The molecule has 0 fully saturated rings. The van der Waals surface area contributed by atoms with E-state index in [1.54, 1.807) is 0 Å². The van der Waals surface area contributed by atoms with Crippen molar-refractivity contribution in [2.75, 3.05) is 0 Å². The van der Waals surface area contributed by atoms with Crippen LogP contribution in [0, 0.1) is 0 Å². The normalized spacial score (nSPS) is 27.8. The zero-order chi connectivity index (χ0) is 7.40. The first-order chi connectivity index (χ1) is 4.83. The van der Waals surface area contributed by atoms with Crippen LogP contribution in [0.15, 0.2) is 27.6 Å². The predicted molar refractivity (Wildman–Crippen MR) is 50.7 cm³/mol. The van der Waals surface area contributed by atoms with E-state index in [4.69, 9.17) is 0 Å². The molecule has 0 aliphatic carbocycles. The van der Waals surface area contributed by atoms with Crippen LogP contribution in [0.25, 0.3) is 0 Å². The minimum atomic E-state index is -0.125. The minimum Gasteiger partial charge on any atom is -0.255 e. The van der Waals surface area contributed by atoms with Crippen LogP contribution in [0.4, 0.5) is 0 Å². The Morgan fingerprint density at radius 2 is 2.50 bits per heavy atom. The highest BCUT2D eigenvalue weighted by molar-refractivity contribution is 8.33. The lowest BCUT2D eigenvalue weighted by Crippen LogP contribution is -1.63.